The Kier molecular flexibility index (Phi) is 5.04. The third-order valence-electron chi connectivity index (χ3n) is 4.94. The first-order chi connectivity index (χ1) is 13.0. The number of aryl methyl sites for hydroxylation is 1. The summed E-state index contributed by atoms with van der Waals surface area (Å²) in [6, 6.07) is 11.2. The van der Waals surface area contributed by atoms with Crippen LogP contribution >= 0.6 is 23.2 Å². The van der Waals surface area contributed by atoms with E-state index in [1.54, 1.807) is 10.7 Å². The predicted octanol–water partition coefficient (Wildman–Crippen LogP) is 3.23. The summed E-state index contributed by atoms with van der Waals surface area (Å²) < 4.78 is 1.70. The average Bonchev–Trinajstić information content (AvgIpc) is 3.06. The summed E-state index contributed by atoms with van der Waals surface area (Å²) in [4.78, 5) is 17.0. The summed E-state index contributed by atoms with van der Waals surface area (Å²) in [6.45, 7) is 3.67. The summed E-state index contributed by atoms with van der Waals surface area (Å²) >= 11 is 12.4. The first kappa shape index (κ1) is 18.2. The summed E-state index contributed by atoms with van der Waals surface area (Å²) in [5.74, 6) is 0.0305. The molecule has 0 N–H and O–H groups in total. The van der Waals surface area contributed by atoms with E-state index in [1.165, 1.54) is 0 Å². The molecule has 3 aromatic rings. The molecule has 1 aliphatic rings. The average molecular weight is 404 g/mol. The molecule has 2 heterocycles. The minimum absolute atomic E-state index is 0.0305. The molecule has 1 fully saturated rings. The smallest absolute Gasteiger partial charge is 0.254 e. The molecule has 0 atom stereocenters. The van der Waals surface area contributed by atoms with E-state index in [0.717, 1.165) is 36.2 Å². The van der Waals surface area contributed by atoms with Gasteiger partial charge in [-0.3, -0.25) is 9.69 Å². The molecule has 0 bridgehead atoms. The maximum Gasteiger partial charge on any atom is 0.254 e. The maximum absolute atomic E-state index is 12.8. The second-order valence-corrected chi connectivity index (χ2v) is 7.48. The zero-order valence-electron chi connectivity index (χ0n) is 14.9. The molecular weight excluding hydrogens is 385 g/mol. The Hall–Kier alpha value is -2.15. The summed E-state index contributed by atoms with van der Waals surface area (Å²) in [6.07, 6.45) is 0. The number of fused-ring (bicyclic) bond motifs is 1. The van der Waals surface area contributed by atoms with Crippen LogP contribution in [0.5, 0.6) is 0 Å². The van der Waals surface area contributed by atoms with E-state index in [1.807, 2.05) is 42.3 Å². The highest BCUT2D eigenvalue weighted by Crippen LogP contribution is 2.27. The van der Waals surface area contributed by atoms with Crippen molar-refractivity contribution in [3.8, 4) is 0 Å². The highest BCUT2D eigenvalue weighted by Gasteiger charge is 2.23. The zero-order chi connectivity index (χ0) is 19.0. The van der Waals surface area contributed by atoms with Crippen molar-refractivity contribution in [2.75, 3.05) is 26.2 Å². The lowest BCUT2D eigenvalue weighted by Gasteiger charge is -2.35. The lowest BCUT2D eigenvalue weighted by Crippen LogP contribution is -2.48. The molecule has 6 nitrogen and oxygen atoms in total. The summed E-state index contributed by atoms with van der Waals surface area (Å²) in [7, 11) is 1.84. The van der Waals surface area contributed by atoms with Crippen LogP contribution in [0, 0.1) is 0 Å². The minimum atomic E-state index is 0.0305. The van der Waals surface area contributed by atoms with E-state index in [9.17, 15) is 4.79 Å². The quantitative estimate of drug-likeness (QED) is 0.673. The van der Waals surface area contributed by atoms with Crippen molar-refractivity contribution in [2.45, 2.75) is 6.54 Å². The van der Waals surface area contributed by atoms with Crippen molar-refractivity contribution >= 4 is 40.1 Å². The van der Waals surface area contributed by atoms with Crippen LogP contribution in [0.2, 0.25) is 10.0 Å². The van der Waals surface area contributed by atoms with Gasteiger partial charge in [0.15, 0.2) is 0 Å². The van der Waals surface area contributed by atoms with Crippen LogP contribution in [-0.2, 0) is 13.6 Å². The molecule has 1 saturated heterocycles. The van der Waals surface area contributed by atoms with Crippen molar-refractivity contribution in [1.29, 1.82) is 0 Å². The van der Waals surface area contributed by atoms with Gasteiger partial charge in [0.1, 0.15) is 5.52 Å². The monoisotopic (exact) mass is 403 g/mol. The maximum atomic E-state index is 12.8. The van der Waals surface area contributed by atoms with Crippen molar-refractivity contribution in [2.24, 2.45) is 7.05 Å². The number of piperazine rings is 1. The third kappa shape index (κ3) is 3.65. The van der Waals surface area contributed by atoms with Gasteiger partial charge in [-0.05, 0) is 29.8 Å². The Morgan fingerprint density at radius 1 is 1.11 bits per heavy atom. The fraction of sp³-hybridized carbons (Fsp3) is 0.316. The van der Waals surface area contributed by atoms with Crippen molar-refractivity contribution in [3.05, 3.63) is 57.6 Å². The van der Waals surface area contributed by atoms with Crippen LogP contribution in [0.3, 0.4) is 0 Å². The van der Waals surface area contributed by atoms with E-state index < -0.39 is 0 Å². The largest absolute Gasteiger partial charge is 0.336 e. The number of carbonyl (C=O) groups is 1. The molecule has 140 valence electrons. The number of amides is 1. The molecule has 0 radical (unpaired) electrons. The number of benzene rings is 2. The van der Waals surface area contributed by atoms with E-state index in [2.05, 4.69) is 15.2 Å². The lowest BCUT2D eigenvalue weighted by atomic mass is 10.1. The van der Waals surface area contributed by atoms with E-state index >= 15 is 0 Å². The molecule has 27 heavy (non-hydrogen) atoms. The van der Waals surface area contributed by atoms with Gasteiger partial charge in [0.25, 0.3) is 5.91 Å². The number of carbonyl (C=O) groups excluding carboxylic acids is 1. The number of aromatic nitrogens is 3. The number of halogens is 2. The molecule has 1 aliphatic heterocycles. The van der Waals surface area contributed by atoms with Crippen molar-refractivity contribution in [3.63, 3.8) is 0 Å². The standard InChI is InChI=1S/C19H19Cl2N5O/c1-24-17-6-5-13(11-16(17)22-23-24)19(27)26-9-7-25(8-10-26)12-14-3-2-4-15(20)18(14)21/h2-6,11H,7-10,12H2,1H3. The van der Waals surface area contributed by atoms with Gasteiger partial charge in [0.05, 0.1) is 15.6 Å². The van der Waals surface area contributed by atoms with Crippen LogP contribution in [-0.4, -0.2) is 56.9 Å². The Morgan fingerprint density at radius 3 is 2.67 bits per heavy atom. The van der Waals surface area contributed by atoms with Gasteiger partial charge in [-0.15, -0.1) is 5.10 Å². The molecule has 0 unspecified atom stereocenters. The molecule has 8 heteroatoms. The molecule has 0 aliphatic carbocycles. The van der Waals surface area contributed by atoms with Gasteiger partial charge in [-0.1, -0.05) is 40.5 Å². The van der Waals surface area contributed by atoms with Crippen LogP contribution in [0.25, 0.3) is 11.0 Å². The summed E-state index contributed by atoms with van der Waals surface area (Å²) in [5.41, 5.74) is 3.30. The van der Waals surface area contributed by atoms with Crippen LogP contribution in [0.1, 0.15) is 15.9 Å². The molecule has 0 saturated carbocycles. The van der Waals surface area contributed by atoms with E-state index in [4.69, 9.17) is 23.2 Å². The SMILES string of the molecule is Cn1nnc2cc(C(=O)N3CCN(Cc4cccc(Cl)c4Cl)CC3)ccc21. The van der Waals surface area contributed by atoms with Crippen LogP contribution < -0.4 is 0 Å². The minimum Gasteiger partial charge on any atom is -0.336 e. The Morgan fingerprint density at radius 2 is 1.89 bits per heavy atom. The molecule has 2 aromatic carbocycles. The Labute approximate surface area is 167 Å². The number of nitrogens with zero attached hydrogens (tertiary/aromatic N) is 5. The number of hydrogen-bond acceptors (Lipinski definition) is 4. The first-order valence-electron chi connectivity index (χ1n) is 8.77. The van der Waals surface area contributed by atoms with Crippen LogP contribution in [0.4, 0.5) is 0 Å². The zero-order valence-corrected chi connectivity index (χ0v) is 16.4. The second-order valence-electron chi connectivity index (χ2n) is 6.70. The van der Waals surface area contributed by atoms with E-state index in [-0.39, 0.29) is 5.91 Å². The first-order valence-corrected chi connectivity index (χ1v) is 9.52. The second kappa shape index (κ2) is 7.46. The molecule has 1 amide bonds. The van der Waals surface area contributed by atoms with Gasteiger partial charge in [-0.25, -0.2) is 4.68 Å². The third-order valence-corrected chi connectivity index (χ3v) is 5.80. The van der Waals surface area contributed by atoms with Gasteiger partial charge in [0, 0.05) is 45.3 Å². The Bertz CT molecular complexity index is 995. The van der Waals surface area contributed by atoms with Gasteiger partial charge >= 0.3 is 0 Å². The van der Waals surface area contributed by atoms with Gasteiger partial charge in [-0.2, -0.15) is 0 Å². The Balaban J connectivity index is 1.40. The van der Waals surface area contributed by atoms with Crippen molar-refractivity contribution < 1.29 is 4.79 Å². The topological polar surface area (TPSA) is 54.3 Å². The van der Waals surface area contributed by atoms with Gasteiger partial charge in [0.2, 0.25) is 0 Å². The normalized spacial score (nSPS) is 15.4. The number of hydrogen-bond donors (Lipinski definition) is 0. The predicted molar refractivity (Wildman–Crippen MR) is 106 cm³/mol. The highest BCUT2D eigenvalue weighted by atomic mass is 35.5. The van der Waals surface area contributed by atoms with Crippen molar-refractivity contribution in [1.82, 2.24) is 24.8 Å². The fourth-order valence-corrected chi connectivity index (χ4v) is 3.76. The molecule has 0 spiro atoms. The fourth-order valence-electron chi connectivity index (χ4n) is 3.38. The highest BCUT2D eigenvalue weighted by molar-refractivity contribution is 6.42. The molecule has 1 aromatic heterocycles. The lowest BCUT2D eigenvalue weighted by molar-refractivity contribution is 0.0628. The van der Waals surface area contributed by atoms with Crippen LogP contribution in [0.15, 0.2) is 36.4 Å². The number of rotatable bonds is 3. The molecular formula is C19H19Cl2N5O. The summed E-state index contributed by atoms with van der Waals surface area (Å²) in [5, 5.41) is 9.26. The molecule has 4 rings (SSSR count). The van der Waals surface area contributed by atoms with Gasteiger partial charge < -0.3 is 4.90 Å². The van der Waals surface area contributed by atoms with E-state index in [0.29, 0.717) is 28.7 Å².